The first kappa shape index (κ1) is 16.3. The van der Waals surface area contributed by atoms with Crippen molar-refractivity contribution in [1.82, 2.24) is 14.5 Å². The summed E-state index contributed by atoms with van der Waals surface area (Å²) in [6.45, 7) is 5.43. The van der Waals surface area contributed by atoms with Gasteiger partial charge < -0.3 is 14.2 Å². The molecule has 118 valence electrons. The number of hydrogen-bond donors (Lipinski definition) is 0. The molecule has 2 heterocycles. The molecule has 0 aliphatic carbocycles. The molecule has 1 saturated heterocycles. The standard InChI is InChI=1S/C15H24ClN3O2/c1-10(2)14-11(6-5-7-21-14)15(20)18(3)9-13-17-8-12(16)19(13)4/h8,10-11,14H,5-7,9H2,1-4H3/t11-,14+/m0/s1. The summed E-state index contributed by atoms with van der Waals surface area (Å²) in [4.78, 5) is 18.7. The topological polar surface area (TPSA) is 47.4 Å². The van der Waals surface area contributed by atoms with E-state index in [1.807, 2.05) is 14.1 Å². The fraction of sp³-hybridized carbons (Fsp3) is 0.733. The number of ether oxygens (including phenoxy) is 1. The monoisotopic (exact) mass is 313 g/mol. The third-order valence-corrected chi connectivity index (χ3v) is 4.47. The molecule has 5 nitrogen and oxygen atoms in total. The zero-order valence-electron chi connectivity index (χ0n) is 13.2. The van der Waals surface area contributed by atoms with E-state index < -0.39 is 0 Å². The number of carbonyl (C=O) groups is 1. The minimum atomic E-state index is -0.0560. The Morgan fingerprint density at radius 1 is 1.62 bits per heavy atom. The zero-order chi connectivity index (χ0) is 15.6. The second-order valence-corrected chi connectivity index (χ2v) is 6.47. The Balaban J connectivity index is 2.05. The fourth-order valence-electron chi connectivity index (χ4n) is 2.87. The van der Waals surface area contributed by atoms with Crippen molar-refractivity contribution in [3.05, 3.63) is 17.2 Å². The highest BCUT2D eigenvalue weighted by Gasteiger charge is 2.35. The van der Waals surface area contributed by atoms with E-state index in [0.29, 0.717) is 17.6 Å². The average Bonchev–Trinajstić information content (AvgIpc) is 2.78. The number of rotatable bonds is 4. The molecule has 1 amide bonds. The van der Waals surface area contributed by atoms with E-state index in [1.165, 1.54) is 0 Å². The molecule has 2 rings (SSSR count). The SMILES string of the molecule is CC(C)[C@H]1OCCC[C@@H]1C(=O)N(C)Cc1ncc(Cl)n1C. The van der Waals surface area contributed by atoms with Crippen LogP contribution in [0.1, 0.15) is 32.5 Å². The number of aromatic nitrogens is 2. The summed E-state index contributed by atoms with van der Waals surface area (Å²) in [5.74, 6) is 1.20. The van der Waals surface area contributed by atoms with Crippen molar-refractivity contribution in [2.45, 2.75) is 39.3 Å². The molecule has 1 aliphatic rings. The first-order valence-electron chi connectivity index (χ1n) is 7.44. The largest absolute Gasteiger partial charge is 0.377 e. The third kappa shape index (κ3) is 3.58. The predicted molar refractivity (Wildman–Crippen MR) is 82.0 cm³/mol. The van der Waals surface area contributed by atoms with Crippen LogP contribution in [-0.2, 0) is 23.1 Å². The summed E-state index contributed by atoms with van der Waals surface area (Å²) in [6.07, 6.45) is 3.46. The van der Waals surface area contributed by atoms with Crippen LogP contribution >= 0.6 is 11.6 Å². The van der Waals surface area contributed by atoms with E-state index in [4.69, 9.17) is 16.3 Å². The van der Waals surface area contributed by atoms with E-state index in [1.54, 1.807) is 15.7 Å². The van der Waals surface area contributed by atoms with Crippen molar-refractivity contribution in [3.8, 4) is 0 Å². The van der Waals surface area contributed by atoms with Gasteiger partial charge in [-0.1, -0.05) is 25.4 Å². The van der Waals surface area contributed by atoms with Crippen LogP contribution in [0.3, 0.4) is 0 Å². The van der Waals surface area contributed by atoms with Gasteiger partial charge in [0.2, 0.25) is 5.91 Å². The highest BCUT2D eigenvalue weighted by molar-refractivity contribution is 6.29. The van der Waals surface area contributed by atoms with Crippen LogP contribution in [-0.4, -0.2) is 40.1 Å². The Kier molecular flexibility index (Phi) is 5.27. The molecule has 0 aromatic carbocycles. The van der Waals surface area contributed by atoms with Crippen LogP contribution in [0.5, 0.6) is 0 Å². The van der Waals surface area contributed by atoms with Crippen LogP contribution < -0.4 is 0 Å². The van der Waals surface area contributed by atoms with Crippen LogP contribution in [0.25, 0.3) is 0 Å². The lowest BCUT2D eigenvalue weighted by molar-refractivity contribution is -0.147. The Morgan fingerprint density at radius 2 is 2.33 bits per heavy atom. The number of hydrogen-bond acceptors (Lipinski definition) is 3. The Bertz CT molecular complexity index is 501. The summed E-state index contributed by atoms with van der Waals surface area (Å²) < 4.78 is 7.61. The summed E-state index contributed by atoms with van der Waals surface area (Å²) in [7, 11) is 3.67. The molecule has 0 bridgehead atoms. The van der Waals surface area contributed by atoms with Crippen molar-refractivity contribution in [3.63, 3.8) is 0 Å². The smallest absolute Gasteiger partial charge is 0.228 e. The molecule has 0 N–H and O–H groups in total. The number of carbonyl (C=O) groups excluding carboxylic acids is 1. The van der Waals surface area contributed by atoms with Gasteiger partial charge in [-0.2, -0.15) is 0 Å². The van der Waals surface area contributed by atoms with Crippen molar-refractivity contribution in [2.75, 3.05) is 13.7 Å². The Labute approximate surface area is 131 Å². The van der Waals surface area contributed by atoms with E-state index >= 15 is 0 Å². The van der Waals surface area contributed by atoms with Gasteiger partial charge in [0.1, 0.15) is 11.0 Å². The Morgan fingerprint density at radius 3 is 2.90 bits per heavy atom. The number of nitrogens with zero attached hydrogens (tertiary/aromatic N) is 3. The highest BCUT2D eigenvalue weighted by Crippen LogP contribution is 2.28. The van der Waals surface area contributed by atoms with E-state index in [-0.39, 0.29) is 17.9 Å². The molecule has 1 fully saturated rings. The summed E-state index contributed by atoms with van der Waals surface area (Å²) in [5, 5.41) is 0.576. The second-order valence-electron chi connectivity index (χ2n) is 6.08. The number of imidazole rings is 1. The summed E-state index contributed by atoms with van der Waals surface area (Å²) in [6, 6.07) is 0. The van der Waals surface area contributed by atoms with E-state index in [0.717, 1.165) is 25.3 Å². The number of amides is 1. The van der Waals surface area contributed by atoms with Gasteiger partial charge in [-0.15, -0.1) is 0 Å². The fourth-order valence-corrected chi connectivity index (χ4v) is 3.01. The van der Waals surface area contributed by atoms with Crippen molar-refractivity contribution < 1.29 is 9.53 Å². The van der Waals surface area contributed by atoms with E-state index in [9.17, 15) is 4.79 Å². The maximum Gasteiger partial charge on any atom is 0.228 e. The minimum Gasteiger partial charge on any atom is -0.377 e. The molecule has 1 aromatic rings. The van der Waals surface area contributed by atoms with E-state index in [2.05, 4.69) is 18.8 Å². The van der Waals surface area contributed by atoms with Gasteiger partial charge in [0.15, 0.2) is 0 Å². The molecular weight excluding hydrogens is 290 g/mol. The number of halogens is 1. The molecule has 0 radical (unpaired) electrons. The highest BCUT2D eigenvalue weighted by atomic mass is 35.5. The lowest BCUT2D eigenvalue weighted by Crippen LogP contribution is -2.44. The molecule has 2 atom stereocenters. The molecule has 0 spiro atoms. The molecule has 0 unspecified atom stereocenters. The van der Waals surface area contributed by atoms with Crippen LogP contribution in [0.2, 0.25) is 5.15 Å². The first-order chi connectivity index (χ1) is 9.91. The quantitative estimate of drug-likeness (QED) is 0.858. The van der Waals surface area contributed by atoms with Gasteiger partial charge in [-0.3, -0.25) is 4.79 Å². The van der Waals surface area contributed by atoms with Gasteiger partial charge in [-0.25, -0.2) is 4.98 Å². The minimum absolute atomic E-state index is 0.0126. The van der Waals surface area contributed by atoms with Gasteiger partial charge in [0.25, 0.3) is 0 Å². The van der Waals surface area contributed by atoms with Crippen LogP contribution in [0, 0.1) is 11.8 Å². The van der Waals surface area contributed by atoms with Gasteiger partial charge in [0.05, 0.1) is 24.8 Å². The lowest BCUT2D eigenvalue weighted by atomic mass is 9.86. The zero-order valence-corrected chi connectivity index (χ0v) is 13.9. The maximum absolute atomic E-state index is 12.7. The maximum atomic E-state index is 12.7. The normalized spacial score (nSPS) is 22.6. The first-order valence-corrected chi connectivity index (χ1v) is 7.82. The van der Waals surface area contributed by atoms with Crippen LogP contribution in [0.15, 0.2) is 6.20 Å². The average molecular weight is 314 g/mol. The van der Waals surface area contributed by atoms with Gasteiger partial charge in [0, 0.05) is 20.7 Å². The molecule has 6 heteroatoms. The Hall–Kier alpha value is -1.07. The molecule has 21 heavy (non-hydrogen) atoms. The molecule has 1 aromatic heterocycles. The summed E-state index contributed by atoms with van der Waals surface area (Å²) in [5.41, 5.74) is 0. The third-order valence-electron chi connectivity index (χ3n) is 4.12. The van der Waals surface area contributed by atoms with Gasteiger partial charge >= 0.3 is 0 Å². The van der Waals surface area contributed by atoms with Gasteiger partial charge in [-0.05, 0) is 18.8 Å². The van der Waals surface area contributed by atoms with Crippen LogP contribution in [0.4, 0.5) is 0 Å². The lowest BCUT2D eigenvalue weighted by Gasteiger charge is -2.35. The summed E-state index contributed by atoms with van der Waals surface area (Å²) >= 11 is 5.98. The van der Waals surface area contributed by atoms with Crippen molar-refractivity contribution in [1.29, 1.82) is 0 Å². The molecule has 1 aliphatic heterocycles. The molecule has 0 saturated carbocycles. The van der Waals surface area contributed by atoms with Crippen molar-refractivity contribution >= 4 is 17.5 Å². The second kappa shape index (κ2) is 6.79. The molecular formula is C15H24ClN3O2. The van der Waals surface area contributed by atoms with Crippen molar-refractivity contribution in [2.24, 2.45) is 18.9 Å². The predicted octanol–water partition coefficient (Wildman–Crippen LogP) is 2.48.